The number of ketones is 1. The third-order valence-corrected chi connectivity index (χ3v) is 8.26. The Bertz CT molecular complexity index is 1550. The van der Waals surface area contributed by atoms with E-state index in [1.54, 1.807) is 24.3 Å². The van der Waals surface area contributed by atoms with Crippen LogP contribution in [0.4, 0.5) is 9.52 Å². The van der Waals surface area contributed by atoms with E-state index in [-0.39, 0.29) is 21.8 Å². The minimum absolute atomic E-state index is 0.0367. The largest absolute Gasteiger partial charge is 0.507 e. The van der Waals surface area contributed by atoms with Gasteiger partial charge in [-0.15, -0.1) is 10.2 Å². The molecule has 1 aliphatic rings. The number of hydrogen-bond donors (Lipinski definition) is 1. The highest BCUT2D eigenvalue weighted by molar-refractivity contribution is 8.00. The van der Waals surface area contributed by atoms with Gasteiger partial charge in [-0.05, 0) is 35.9 Å². The summed E-state index contributed by atoms with van der Waals surface area (Å²) in [5.41, 5.74) is 0.882. The number of rotatable bonds is 6. The first-order chi connectivity index (χ1) is 17.8. The fraction of sp³-hybridized carbons (Fsp3) is 0.0800. The molecule has 37 heavy (non-hydrogen) atoms. The Labute approximate surface area is 228 Å². The predicted molar refractivity (Wildman–Crippen MR) is 141 cm³/mol. The Balaban J connectivity index is 1.54. The molecule has 1 fully saturated rings. The zero-order valence-corrected chi connectivity index (χ0v) is 21.8. The van der Waals surface area contributed by atoms with Crippen LogP contribution in [0.3, 0.4) is 0 Å². The summed E-state index contributed by atoms with van der Waals surface area (Å²) in [6, 6.07) is 12.7. The molecule has 0 aliphatic carbocycles. The summed E-state index contributed by atoms with van der Waals surface area (Å²) in [6.07, 6.45) is 2.87. The van der Waals surface area contributed by atoms with Crippen molar-refractivity contribution in [3.8, 4) is 0 Å². The summed E-state index contributed by atoms with van der Waals surface area (Å²) in [7, 11) is 0. The van der Waals surface area contributed by atoms with Crippen LogP contribution in [0.5, 0.6) is 0 Å². The molecule has 1 N–H and O–H groups in total. The summed E-state index contributed by atoms with van der Waals surface area (Å²) < 4.78 is 15.5. The van der Waals surface area contributed by atoms with Crippen LogP contribution in [0.2, 0.25) is 10.0 Å². The first-order valence-corrected chi connectivity index (χ1v) is 13.3. The highest BCUT2D eigenvalue weighted by atomic mass is 35.5. The van der Waals surface area contributed by atoms with E-state index in [1.807, 2.05) is 0 Å². The van der Waals surface area contributed by atoms with Crippen LogP contribution in [-0.4, -0.2) is 32.0 Å². The molecule has 3 heterocycles. The van der Waals surface area contributed by atoms with Gasteiger partial charge in [0, 0.05) is 39.3 Å². The molecule has 1 atom stereocenters. The van der Waals surface area contributed by atoms with Crippen LogP contribution in [0.15, 0.2) is 76.9 Å². The van der Waals surface area contributed by atoms with Crippen molar-refractivity contribution >= 4 is 68.9 Å². The van der Waals surface area contributed by atoms with E-state index < -0.39 is 29.3 Å². The van der Waals surface area contributed by atoms with Gasteiger partial charge >= 0.3 is 5.91 Å². The number of carbonyl (C=O) groups excluding carboxylic acids is 2. The van der Waals surface area contributed by atoms with Gasteiger partial charge in [-0.1, -0.05) is 70.6 Å². The van der Waals surface area contributed by atoms with E-state index in [2.05, 4.69) is 15.2 Å². The zero-order valence-electron chi connectivity index (χ0n) is 18.6. The van der Waals surface area contributed by atoms with E-state index >= 15 is 0 Å². The van der Waals surface area contributed by atoms with Crippen LogP contribution in [-0.2, 0) is 15.3 Å². The number of Topliss-reactive ketones (excluding diaryl/α,β-unsaturated/α-hetero) is 1. The number of halogens is 3. The average Bonchev–Trinajstić information content (AvgIpc) is 3.46. The number of amides is 1. The lowest BCUT2D eigenvalue weighted by Crippen LogP contribution is -2.29. The topological polar surface area (TPSA) is 96.3 Å². The maximum Gasteiger partial charge on any atom is 0.301 e. The Hall–Kier alpha value is -3.31. The summed E-state index contributed by atoms with van der Waals surface area (Å²) in [5.74, 6) is -2.52. The minimum Gasteiger partial charge on any atom is -0.507 e. The highest BCUT2D eigenvalue weighted by Gasteiger charge is 2.49. The molecule has 1 aliphatic heterocycles. The Kier molecular flexibility index (Phi) is 7.25. The summed E-state index contributed by atoms with van der Waals surface area (Å²) >= 11 is 14.6. The molecule has 2 aromatic heterocycles. The third-order valence-electron chi connectivity index (χ3n) is 5.57. The lowest BCUT2D eigenvalue weighted by atomic mass is 9.95. The lowest BCUT2D eigenvalue weighted by Gasteiger charge is -2.22. The van der Waals surface area contributed by atoms with Crippen molar-refractivity contribution in [3.63, 3.8) is 0 Å². The molecule has 2 aromatic carbocycles. The van der Waals surface area contributed by atoms with Crippen molar-refractivity contribution < 1.29 is 19.1 Å². The average molecular weight is 573 g/mol. The number of anilines is 1. The van der Waals surface area contributed by atoms with Crippen molar-refractivity contribution in [2.24, 2.45) is 0 Å². The molecule has 4 aromatic rings. The predicted octanol–water partition coefficient (Wildman–Crippen LogP) is 6.30. The van der Waals surface area contributed by atoms with Gasteiger partial charge in [0.25, 0.3) is 5.78 Å². The van der Waals surface area contributed by atoms with Gasteiger partial charge in [0.2, 0.25) is 5.13 Å². The van der Waals surface area contributed by atoms with Gasteiger partial charge in [0.15, 0.2) is 4.34 Å². The van der Waals surface area contributed by atoms with E-state index in [4.69, 9.17) is 23.2 Å². The number of benzene rings is 2. The van der Waals surface area contributed by atoms with Crippen LogP contribution in [0.1, 0.15) is 22.7 Å². The number of aliphatic hydroxyl groups is 1. The van der Waals surface area contributed by atoms with Crippen molar-refractivity contribution in [2.75, 3.05) is 4.90 Å². The maximum absolute atomic E-state index is 15.0. The third kappa shape index (κ3) is 4.97. The molecule has 0 radical (unpaired) electrons. The second-order valence-electron chi connectivity index (χ2n) is 7.80. The standard InChI is InChI=1S/C25H15Cl2FN4O3S2/c26-15-6-5-14(17(27)11-15)12-36-25-31-30-24(37-25)32-20(16-3-1-2-4-18(16)28)19(22(34)23(32)35)21(33)13-7-9-29-10-8-13/h1-11,20,33H,12H2. The highest BCUT2D eigenvalue weighted by Crippen LogP contribution is 2.44. The molecule has 186 valence electrons. The molecule has 0 bridgehead atoms. The van der Waals surface area contributed by atoms with Crippen LogP contribution in [0.25, 0.3) is 5.76 Å². The number of nitrogens with zero attached hydrogens (tertiary/aromatic N) is 4. The van der Waals surface area contributed by atoms with Gasteiger partial charge in [-0.2, -0.15) is 0 Å². The van der Waals surface area contributed by atoms with Gasteiger partial charge in [-0.3, -0.25) is 19.5 Å². The van der Waals surface area contributed by atoms with E-state index in [0.29, 0.717) is 20.1 Å². The molecule has 5 rings (SSSR count). The fourth-order valence-electron chi connectivity index (χ4n) is 3.82. The summed E-state index contributed by atoms with van der Waals surface area (Å²) in [4.78, 5) is 31.3. The lowest BCUT2D eigenvalue weighted by molar-refractivity contribution is -0.132. The summed E-state index contributed by atoms with van der Waals surface area (Å²) in [5, 5.41) is 20.4. The summed E-state index contributed by atoms with van der Waals surface area (Å²) in [6.45, 7) is 0. The first-order valence-electron chi connectivity index (χ1n) is 10.7. The first kappa shape index (κ1) is 25.3. The van der Waals surface area contributed by atoms with Crippen molar-refractivity contribution in [1.82, 2.24) is 15.2 Å². The van der Waals surface area contributed by atoms with Gasteiger partial charge in [0.05, 0.1) is 5.57 Å². The molecule has 1 amide bonds. The molecule has 0 spiro atoms. The van der Waals surface area contributed by atoms with Gasteiger partial charge < -0.3 is 5.11 Å². The SMILES string of the molecule is O=C1C(=O)N(c2nnc(SCc3ccc(Cl)cc3Cl)s2)C(c2ccccc2F)C1=C(O)c1ccncc1. The van der Waals surface area contributed by atoms with Crippen molar-refractivity contribution in [1.29, 1.82) is 0 Å². The fourth-order valence-corrected chi connectivity index (χ4v) is 6.25. The maximum atomic E-state index is 15.0. The normalized spacial score (nSPS) is 16.9. The van der Waals surface area contributed by atoms with Gasteiger partial charge in [0.1, 0.15) is 17.6 Å². The van der Waals surface area contributed by atoms with E-state index in [9.17, 15) is 19.1 Å². The molecule has 12 heteroatoms. The molecule has 7 nitrogen and oxygen atoms in total. The molecular formula is C25H15Cl2FN4O3S2. The second-order valence-corrected chi connectivity index (χ2v) is 10.8. The van der Waals surface area contributed by atoms with Crippen molar-refractivity contribution in [2.45, 2.75) is 16.1 Å². The Morgan fingerprint density at radius 1 is 1.08 bits per heavy atom. The zero-order chi connectivity index (χ0) is 26.1. The monoisotopic (exact) mass is 572 g/mol. The van der Waals surface area contributed by atoms with Crippen LogP contribution < -0.4 is 4.90 Å². The second kappa shape index (κ2) is 10.6. The van der Waals surface area contributed by atoms with Crippen LogP contribution in [0, 0.1) is 5.82 Å². The van der Waals surface area contributed by atoms with Crippen molar-refractivity contribution in [3.05, 3.63) is 105 Å². The number of carbonyl (C=O) groups is 2. The van der Waals surface area contributed by atoms with Gasteiger partial charge in [-0.25, -0.2) is 4.39 Å². The molecular weight excluding hydrogens is 558 g/mol. The quantitative estimate of drug-likeness (QED) is 0.0951. The number of aromatic nitrogens is 3. The smallest absolute Gasteiger partial charge is 0.301 e. The Morgan fingerprint density at radius 3 is 2.57 bits per heavy atom. The Morgan fingerprint density at radius 2 is 1.84 bits per heavy atom. The van der Waals surface area contributed by atoms with Crippen LogP contribution >= 0.6 is 46.3 Å². The number of pyridine rings is 1. The molecule has 0 saturated carbocycles. The minimum atomic E-state index is -1.24. The number of aliphatic hydroxyl groups excluding tert-OH is 1. The van der Waals surface area contributed by atoms with E-state index in [1.165, 1.54) is 54.5 Å². The van der Waals surface area contributed by atoms with E-state index in [0.717, 1.165) is 21.8 Å². The number of thioether (sulfide) groups is 1. The molecule has 1 saturated heterocycles. The molecule has 1 unspecified atom stereocenters. The number of hydrogen-bond acceptors (Lipinski definition) is 8.